The Hall–Kier alpha value is -0.650. The van der Waals surface area contributed by atoms with Crippen LogP contribution in [0.3, 0.4) is 0 Å². The maximum atomic E-state index is 12.4. The molecule has 1 amide bonds. The Balaban J connectivity index is 1.15. The maximum Gasteiger partial charge on any atom is 0.224 e. The average Bonchev–Trinajstić information content (AvgIpc) is 3.26. The molecule has 24 heavy (non-hydrogen) atoms. The fraction of sp³-hybridized carbons (Fsp3) is 0.947. The van der Waals surface area contributed by atoms with Crippen LogP contribution >= 0.6 is 0 Å². The lowest BCUT2D eigenvalue weighted by Gasteiger charge is -2.41. The van der Waals surface area contributed by atoms with Crippen LogP contribution < -0.4 is 0 Å². The molecule has 2 aliphatic heterocycles. The zero-order valence-corrected chi connectivity index (χ0v) is 14.8. The molecule has 136 valence electrons. The summed E-state index contributed by atoms with van der Waals surface area (Å²) in [6, 6.07) is 0.817. The first-order valence-electron chi connectivity index (χ1n) is 10.0. The Morgan fingerprint density at radius 1 is 1.00 bits per heavy atom. The quantitative estimate of drug-likeness (QED) is 0.769. The normalized spacial score (nSPS) is 34.8. The van der Waals surface area contributed by atoms with E-state index in [-0.39, 0.29) is 5.91 Å². The minimum Gasteiger partial charge on any atom is -0.381 e. The van der Waals surface area contributed by atoms with Gasteiger partial charge in [0, 0.05) is 45.4 Å². The molecule has 2 aliphatic carbocycles. The van der Waals surface area contributed by atoms with Gasteiger partial charge in [0.1, 0.15) is 0 Å². The summed E-state index contributed by atoms with van der Waals surface area (Å²) in [6.07, 6.45) is 8.55. The molecule has 4 rings (SSSR count). The Kier molecular flexibility index (Phi) is 5.40. The monoisotopic (exact) mass is 336 g/mol. The van der Waals surface area contributed by atoms with Crippen LogP contribution in [-0.2, 0) is 14.3 Å². The van der Waals surface area contributed by atoms with Crippen molar-refractivity contribution in [3.8, 4) is 0 Å². The van der Waals surface area contributed by atoms with Crippen LogP contribution in [0.5, 0.6) is 0 Å². The highest BCUT2D eigenvalue weighted by molar-refractivity contribution is 5.76. The van der Waals surface area contributed by atoms with Crippen LogP contribution in [0.4, 0.5) is 0 Å². The molecule has 2 bridgehead atoms. The third kappa shape index (κ3) is 3.78. The molecule has 0 aromatic rings. The van der Waals surface area contributed by atoms with Gasteiger partial charge >= 0.3 is 0 Å². The standard InChI is InChI=1S/C19H32N2O3/c22-19(5-12-24-17-3-10-23-11-4-17)21-8-6-20(7-9-21)18-14-15-1-2-16(18)13-15/h15-18H,1-14H2/t15-,16-,18+/m1/s1. The lowest BCUT2D eigenvalue weighted by atomic mass is 9.93. The van der Waals surface area contributed by atoms with Crippen molar-refractivity contribution in [2.75, 3.05) is 46.0 Å². The summed E-state index contributed by atoms with van der Waals surface area (Å²) in [5, 5.41) is 0. The van der Waals surface area contributed by atoms with Crippen molar-refractivity contribution in [1.82, 2.24) is 9.80 Å². The van der Waals surface area contributed by atoms with Gasteiger partial charge in [0.05, 0.1) is 19.1 Å². The van der Waals surface area contributed by atoms with E-state index in [1.54, 1.807) is 0 Å². The second-order valence-electron chi connectivity index (χ2n) is 8.09. The van der Waals surface area contributed by atoms with Crippen molar-refractivity contribution in [2.24, 2.45) is 11.8 Å². The highest BCUT2D eigenvalue weighted by Gasteiger charge is 2.42. The van der Waals surface area contributed by atoms with Crippen LogP contribution in [-0.4, -0.2) is 73.9 Å². The second-order valence-corrected chi connectivity index (χ2v) is 8.09. The molecule has 3 atom stereocenters. The Morgan fingerprint density at radius 3 is 2.46 bits per heavy atom. The zero-order valence-electron chi connectivity index (χ0n) is 14.8. The van der Waals surface area contributed by atoms with Gasteiger partial charge in [-0.2, -0.15) is 0 Å². The highest BCUT2D eigenvalue weighted by atomic mass is 16.5. The number of carbonyl (C=O) groups excluding carboxylic acids is 1. The van der Waals surface area contributed by atoms with Gasteiger partial charge in [-0.1, -0.05) is 6.42 Å². The molecule has 0 aromatic carbocycles. The summed E-state index contributed by atoms with van der Waals surface area (Å²) in [5.74, 6) is 2.22. The number of hydrogen-bond donors (Lipinski definition) is 0. The van der Waals surface area contributed by atoms with E-state index in [4.69, 9.17) is 9.47 Å². The average molecular weight is 336 g/mol. The number of piperazine rings is 1. The number of amides is 1. The van der Waals surface area contributed by atoms with E-state index in [9.17, 15) is 4.79 Å². The summed E-state index contributed by atoms with van der Waals surface area (Å²) in [5.41, 5.74) is 0. The minimum atomic E-state index is 0.273. The molecule has 2 saturated carbocycles. The molecule has 0 unspecified atom stereocenters. The van der Waals surface area contributed by atoms with E-state index in [0.29, 0.717) is 19.1 Å². The molecule has 2 heterocycles. The van der Waals surface area contributed by atoms with Gasteiger partial charge in [0.2, 0.25) is 5.91 Å². The number of hydrogen-bond acceptors (Lipinski definition) is 4. The summed E-state index contributed by atoms with van der Waals surface area (Å²) < 4.78 is 11.2. The van der Waals surface area contributed by atoms with Gasteiger partial charge in [-0.05, 0) is 43.9 Å². The van der Waals surface area contributed by atoms with Gasteiger partial charge in [0.15, 0.2) is 0 Å². The maximum absolute atomic E-state index is 12.4. The van der Waals surface area contributed by atoms with E-state index >= 15 is 0 Å². The fourth-order valence-electron chi connectivity index (χ4n) is 5.27. The topological polar surface area (TPSA) is 42.0 Å². The van der Waals surface area contributed by atoms with E-state index < -0.39 is 0 Å². The van der Waals surface area contributed by atoms with Crippen molar-refractivity contribution in [3.05, 3.63) is 0 Å². The van der Waals surface area contributed by atoms with E-state index in [2.05, 4.69) is 9.80 Å². The van der Waals surface area contributed by atoms with Crippen LogP contribution in [0.1, 0.15) is 44.9 Å². The largest absolute Gasteiger partial charge is 0.381 e. The van der Waals surface area contributed by atoms with Gasteiger partial charge in [-0.15, -0.1) is 0 Å². The van der Waals surface area contributed by atoms with Gasteiger partial charge in [-0.3, -0.25) is 9.69 Å². The van der Waals surface area contributed by atoms with Crippen LogP contribution in [0.2, 0.25) is 0 Å². The lowest BCUT2D eigenvalue weighted by molar-refractivity contribution is -0.135. The molecule has 5 nitrogen and oxygen atoms in total. The fourth-order valence-corrected chi connectivity index (χ4v) is 5.27. The van der Waals surface area contributed by atoms with E-state index in [0.717, 1.165) is 70.1 Å². The van der Waals surface area contributed by atoms with E-state index in [1.165, 1.54) is 25.7 Å². The summed E-state index contributed by atoms with van der Waals surface area (Å²) in [6.45, 7) is 6.11. The lowest BCUT2D eigenvalue weighted by Crippen LogP contribution is -2.53. The minimum absolute atomic E-state index is 0.273. The van der Waals surface area contributed by atoms with Gasteiger partial charge in [0.25, 0.3) is 0 Å². The van der Waals surface area contributed by atoms with Gasteiger partial charge in [-0.25, -0.2) is 0 Å². The third-order valence-corrected chi connectivity index (χ3v) is 6.67. The zero-order chi connectivity index (χ0) is 16.4. The number of ether oxygens (including phenoxy) is 2. The molecule has 5 heteroatoms. The molecule has 4 fully saturated rings. The number of carbonyl (C=O) groups is 1. The molecular formula is C19H32N2O3. The first-order chi connectivity index (χ1) is 11.8. The van der Waals surface area contributed by atoms with Crippen LogP contribution in [0.15, 0.2) is 0 Å². The predicted octanol–water partition coefficient (Wildman–Crippen LogP) is 1.90. The highest BCUT2D eigenvalue weighted by Crippen LogP contribution is 2.46. The Bertz CT molecular complexity index is 430. The Labute approximate surface area is 145 Å². The molecule has 0 spiro atoms. The van der Waals surface area contributed by atoms with E-state index in [1.807, 2.05) is 0 Å². The first kappa shape index (κ1) is 16.8. The summed E-state index contributed by atoms with van der Waals surface area (Å²) in [7, 11) is 0. The van der Waals surface area contributed by atoms with Crippen molar-refractivity contribution in [3.63, 3.8) is 0 Å². The van der Waals surface area contributed by atoms with Gasteiger partial charge < -0.3 is 14.4 Å². The van der Waals surface area contributed by atoms with Crippen LogP contribution in [0.25, 0.3) is 0 Å². The molecule has 0 radical (unpaired) electrons. The SMILES string of the molecule is O=C(CCOC1CCOCC1)N1CCN([C@H]2C[C@@H]3CC[C@@H]2C3)CC1. The summed E-state index contributed by atoms with van der Waals surface area (Å²) in [4.78, 5) is 17.1. The number of fused-ring (bicyclic) bond motifs is 2. The predicted molar refractivity (Wildman–Crippen MR) is 91.8 cm³/mol. The third-order valence-electron chi connectivity index (χ3n) is 6.67. The Morgan fingerprint density at radius 2 is 1.79 bits per heavy atom. The van der Waals surface area contributed by atoms with Crippen molar-refractivity contribution in [1.29, 1.82) is 0 Å². The van der Waals surface area contributed by atoms with Crippen molar-refractivity contribution >= 4 is 5.91 Å². The number of nitrogens with zero attached hydrogens (tertiary/aromatic N) is 2. The summed E-state index contributed by atoms with van der Waals surface area (Å²) >= 11 is 0. The molecule has 0 aromatic heterocycles. The second kappa shape index (κ2) is 7.71. The molecular weight excluding hydrogens is 304 g/mol. The van der Waals surface area contributed by atoms with Crippen molar-refractivity contribution < 1.29 is 14.3 Å². The smallest absolute Gasteiger partial charge is 0.224 e. The van der Waals surface area contributed by atoms with Crippen LogP contribution in [0, 0.1) is 11.8 Å². The molecule has 0 N–H and O–H groups in total. The first-order valence-corrected chi connectivity index (χ1v) is 10.0. The molecule has 4 aliphatic rings. The number of rotatable bonds is 5. The molecule has 2 saturated heterocycles. The van der Waals surface area contributed by atoms with Crippen molar-refractivity contribution in [2.45, 2.75) is 57.1 Å².